The molecule has 0 aliphatic heterocycles. The van der Waals surface area contributed by atoms with E-state index in [9.17, 15) is 0 Å². The molecule has 0 radical (unpaired) electrons. The molecule has 0 bridgehead atoms. The van der Waals surface area contributed by atoms with E-state index in [1.807, 2.05) is 7.05 Å². The Kier molecular flexibility index (Phi) is 4.65. The van der Waals surface area contributed by atoms with Gasteiger partial charge in [-0.1, -0.05) is 45.4 Å². The Bertz CT molecular complexity index is 529. The maximum Gasteiger partial charge on any atom is 0.137 e. The molecule has 2 unspecified atom stereocenters. The second kappa shape index (κ2) is 6.25. The van der Waals surface area contributed by atoms with Gasteiger partial charge in [0.15, 0.2) is 0 Å². The number of nitrogens with one attached hydrogen (secondary N) is 1. The van der Waals surface area contributed by atoms with Gasteiger partial charge in [0.2, 0.25) is 0 Å². The number of benzene rings is 1. The molecular weight excluding hydrogens is 234 g/mol. The van der Waals surface area contributed by atoms with Crippen molar-refractivity contribution in [1.29, 1.82) is 0 Å². The monoisotopic (exact) mass is 259 g/mol. The van der Waals surface area contributed by atoms with Crippen LogP contribution in [-0.2, 0) is 0 Å². The molecule has 0 aliphatic carbocycles. The van der Waals surface area contributed by atoms with Crippen LogP contribution >= 0.6 is 0 Å². The number of hydrogen-bond acceptors (Lipinski definition) is 2. The summed E-state index contributed by atoms with van der Waals surface area (Å²) in [5.41, 5.74) is 2.40. The van der Waals surface area contributed by atoms with Crippen LogP contribution in [-0.4, -0.2) is 7.05 Å². The average Bonchev–Trinajstić information content (AvgIpc) is 2.87. The summed E-state index contributed by atoms with van der Waals surface area (Å²) in [4.78, 5) is 0. The first kappa shape index (κ1) is 14.1. The van der Waals surface area contributed by atoms with Gasteiger partial charge in [0, 0.05) is 5.39 Å². The topological polar surface area (TPSA) is 25.2 Å². The molecule has 2 atom stereocenters. The van der Waals surface area contributed by atoms with Crippen LogP contribution in [0.2, 0.25) is 0 Å². The first-order chi connectivity index (χ1) is 9.21. The van der Waals surface area contributed by atoms with Crippen LogP contribution in [0.4, 0.5) is 0 Å². The lowest BCUT2D eigenvalue weighted by Crippen LogP contribution is -2.15. The number of hydrogen-bond donors (Lipinski definition) is 1. The molecule has 0 saturated heterocycles. The van der Waals surface area contributed by atoms with E-state index < -0.39 is 0 Å². The normalized spacial score (nSPS) is 14.7. The molecule has 0 amide bonds. The highest BCUT2D eigenvalue weighted by Crippen LogP contribution is 2.32. The van der Waals surface area contributed by atoms with E-state index >= 15 is 0 Å². The zero-order chi connectivity index (χ0) is 13.8. The molecule has 1 N–H and O–H groups in total. The third-order valence-electron chi connectivity index (χ3n) is 4.01. The lowest BCUT2D eigenvalue weighted by molar-refractivity contribution is 0.428. The molecule has 2 nitrogen and oxygen atoms in total. The summed E-state index contributed by atoms with van der Waals surface area (Å²) in [5, 5.41) is 4.58. The van der Waals surface area contributed by atoms with Crippen molar-refractivity contribution >= 4 is 11.0 Å². The zero-order valence-electron chi connectivity index (χ0n) is 12.5. The van der Waals surface area contributed by atoms with Crippen molar-refractivity contribution in [3.8, 4) is 0 Å². The van der Waals surface area contributed by atoms with Crippen LogP contribution in [0, 0.1) is 0 Å². The highest BCUT2D eigenvalue weighted by molar-refractivity contribution is 5.81. The summed E-state index contributed by atoms with van der Waals surface area (Å²) in [7, 11) is 2.00. The molecule has 2 rings (SSSR count). The molecule has 0 fully saturated rings. The van der Waals surface area contributed by atoms with Gasteiger partial charge >= 0.3 is 0 Å². The van der Waals surface area contributed by atoms with E-state index in [0.717, 1.165) is 30.6 Å². The van der Waals surface area contributed by atoms with E-state index in [0.29, 0.717) is 12.0 Å². The van der Waals surface area contributed by atoms with Crippen LogP contribution in [0.5, 0.6) is 0 Å². The molecule has 2 heteroatoms. The predicted octanol–water partition coefficient (Wildman–Crippen LogP) is 5.01. The predicted molar refractivity (Wildman–Crippen MR) is 81.6 cm³/mol. The first-order valence-electron chi connectivity index (χ1n) is 7.40. The Hall–Kier alpha value is -1.28. The van der Waals surface area contributed by atoms with E-state index in [2.05, 4.69) is 50.4 Å². The van der Waals surface area contributed by atoms with Crippen LogP contribution in [0.15, 0.2) is 28.7 Å². The number of fused-ring (bicyclic) bond motifs is 1. The quantitative estimate of drug-likeness (QED) is 0.789. The van der Waals surface area contributed by atoms with Crippen molar-refractivity contribution in [2.75, 3.05) is 7.05 Å². The minimum Gasteiger partial charge on any atom is -0.459 e. The van der Waals surface area contributed by atoms with Crippen LogP contribution in [0.25, 0.3) is 11.0 Å². The summed E-state index contributed by atoms with van der Waals surface area (Å²) in [6, 6.07) is 8.99. The number of furan rings is 1. The van der Waals surface area contributed by atoms with E-state index in [1.165, 1.54) is 10.9 Å². The highest BCUT2D eigenvalue weighted by atomic mass is 16.3. The molecule has 0 aliphatic rings. The van der Waals surface area contributed by atoms with Crippen molar-refractivity contribution in [2.45, 2.75) is 52.0 Å². The van der Waals surface area contributed by atoms with Crippen molar-refractivity contribution in [1.82, 2.24) is 5.32 Å². The third kappa shape index (κ3) is 2.84. The van der Waals surface area contributed by atoms with Gasteiger partial charge in [-0.25, -0.2) is 0 Å². The van der Waals surface area contributed by atoms with E-state index in [-0.39, 0.29) is 0 Å². The van der Waals surface area contributed by atoms with Gasteiger partial charge in [0.05, 0.1) is 6.04 Å². The fourth-order valence-corrected chi connectivity index (χ4v) is 2.60. The maximum atomic E-state index is 6.17. The van der Waals surface area contributed by atoms with Gasteiger partial charge in [-0.15, -0.1) is 0 Å². The van der Waals surface area contributed by atoms with Gasteiger partial charge in [-0.2, -0.15) is 0 Å². The van der Waals surface area contributed by atoms with Crippen molar-refractivity contribution in [2.24, 2.45) is 0 Å². The largest absolute Gasteiger partial charge is 0.459 e. The Labute approximate surface area is 116 Å². The molecule has 0 saturated carbocycles. The second-order valence-electron chi connectivity index (χ2n) is 5.35. The Morgan fingerprint density at radius 2 is 2.05 bits per heavy atom. The molecule has 0 spiro atoms. The summed E-state index contributed by atoms with van der Waals surface area (Å²) in [6.07, 6.45) is 3.40. The van der Waals surface area contributed by atoms with Crippen molar-refractivity contribution in [3.05, 3.63) is 35.6 Å². The standard InChI is InChI=1S/C17H25NO/c1-5-8-15(18-4)16-11-13-9-7-10-14(12(3)6-2)17(13)19-16/h7,9-12,15,18H,5-6,8H2,1-4H3. The smallest absolute Gasteiger partial charge is 0.137 e. The van der Waals surface area contributed by atoms with Crippen LogP contribution in [0.3, 0.4) is 0 Å². The maximum absolute atomic E-state index is 6.17. The number of rotatable bonds is 6. The minimum atomic E-state index is 0.321. The Morgan fingerprint density at radius 1 is 1.26 bits per heavy atom. The van der Waals surface area contributed by atoms with Crippen LogP contribution < -0.4 is 5.32 Å². The molecule has 1 heterocycles. The van der Waals surface area contributed by atoms with Crippen LogP contribution in [0.1, 0.15) is 63.3 Å². The molecule has 1 aromatic carbocycles. The van der Waals surface area contributed by atoms with E-state index in [1.54, 1.807) is 0 Å². The van der Waals surface area contributed by atoms with E-state index in [4.69, 9.17) is 4.42 Å². The third-order valence-corrected chi connectivity index (χ3v) is 4.01. The van der Waals surface area contributed by atoms with Crippen molar-refractivity contribution in [3.63, 3.8) is 0 Å². The SMILES string of the molecule is CCCC(NC)c1cc2cccc(C(C)CC)c2o1. The number of para-hydroxylation sites is 1. The zero-order valence-corrected chi connectivity index (χ0v) is 12.5. The molecular formula is C17H25NO. The Balaban J connectivity index is 2.44. The Morgan fingerprint density at radius 3 is 2.68 bits per heavy atom. The van der Waals surface area contributed by atoms with Gasteiger partial charge in [-0.3, -0.25) is 0 Å². The molecule has 2 aromatic rings. The van der Waals surface area contributed by atoms with Gasteiger partial charge in [0.25, 0.3) is 0 Å². The summed E-state index contributed by atoms with van der Waals surface area (Å²) in [6.45, 7) is 6.69. The lowest BCUT2D eigenvalue weighted by atomic mass is 9.97. The fraction of sp³-hybridized carbons (Fsp3) is 0.529. The van der Waals surface area contributed by atoms with Gasteiger partial charge < -0.3 is 9.73 Å². The summed E-state index contributed by atoms with van der Waals surface area (Å²) >= 11 is 0. The van der Waals surface area contributed by atoms with Gasteiger partial charge in [-0.05, 0) is 37.4 Å². The first-order valence-corrected chi connectivity index (χ1v) is 7.40. The fourth-order valence-electron chi connectivity index (χ4n) is 2.60. The molecule has 19 heavy (non-hydrogen) atoms. The summed E-state index contributed by atoms with van der Waals surface area (Å²) in [5.74, 6) is 1.61. The minimum absolute atomic E-state index is 0.321. The van der Waals surface area contributed by atoms with Crippen molar-refractivity contribution < 1.29 is 4.42 Å². The average molecular weight is 259 g/mol. The van der Waals surface area contributed by atoms with Gasteiger partial charge in [0.1, 0.15) is 11.3 Å². The molecule has 1 aromatic heterocycles. The second-order valence-corrected chi connectivity index (χ2v) is 5.35. The highest BCUT2D eigenvalue weighted by Gasteiger charge is 2.16. The molecule has 104 valence electrons. The lowest BCUT2D eigenvalue weighted by Gasteiger charge is -2.12. The summed E-state index contributed by atoms with van der Waals surface area (Å²) < 4.78 is 6.17.